The van der Waals surface area contributed by atoms with Crippen LogP contribution < -0.4 is 5.73 Å². The highest BCUT2D eigenvalue weighted by Crippen LogP contribution is 2.43. The molecule has 0 spiro atoms. The van der Waals surface area contributed by atoms with Gasteiger partial charge in [0.2, 0.25) is 5.91 Å². The lowest BCUT2D eigenvalue weighted by atomic mass is 9.96. The topological polar surface area (TPSA) is 60.9 Å². The van der Waals surface area contributed by atoms with Crippen molar-refractivity contribution in [1.29, 1.82) is 0 Å². The summed E-state index contributed by atoms with van der Waals surface area (Å²) in [5.74, 6) is -1.34. The number of hydrogen-bond acceptors (Lipinski definition) is 2. The van der Waals surface area contributed by atoms with Gasteiger partial charge in [-0.1, -0.05) is 18.2 Å². The molecule has 1 aromatic heterocycles. The van der Waals surface area contributed by atoms with E-state index in [2.05, 4.69) is 5.10 Å². The zero-order valence-electron chi connectivity index (χ0n) is 15.4. The Bertz CT molecular complexity index is 1110. The van der Waals surface area contributed by atoms with Crippen LogP contribution in [0.2, 0.25) is 0 Å². The number of alkyl halides is 3. The second-order valence-corrected chi connectivity index (χ2v) is 7.15. The molecule has 0 atom stereocenters. The van der Waals surface area contributed by atoms with E-state index in [-0.39, 0.29) is 11.6 Å². The zero-order valence-corrected chi connectivity index (χ0v) is 15.4. The molecule has 0 unspecified atom stereocenters. The first-order valence-corrected chi connectivity index (χ1v) is 9.03. The summed E-state index contributed by atoms with van der Waals surface area (Å²) in [4.78, 5) is 11.5. The largest absolute Gasteiger partial charge is 0.435 e. The lowest BCUT2D eigenvalue weighted by Crippen LogP contribution is -2.13. The van der Waals surface area contributed by atoms with E-state index in [4.69, 9.17) is 5.73 Å². The van der Waals surface area contributed by atoms with Gasteiger partial charge in [-0.25, -0.2) is 9.07 Å². The second kappa shape index (κ2) is 6.72. The standard InChI is InChI=1S/C21H17F4N3O/c1-11-14(3-2-4-15(11)20(26)29)13-7-8-17(16(22)9-13)28-18(12-5-6-12)10-19(27-28)21(23,24)25/h2-4,7-10,12H,5-6H2,1H3,(H2,26,29). The highest BCUT2D eigenvalue weighted by atomic mass is 19.4. The average molecular weight is 403 g/mol. The van der Waals surface area contributed by atoms with Crippen molar-refractivity contribution in [2.75, 3.05) is 0 Å². The molecule has 2 aromatic carbocycles. The van der Waals surface area contributed by atoms with Gasteiger partial charge in [0.1, 0.15) is 11.5 Å². The van der Waals surface area contributed by atoms with Gasteiger partial charge in [0.25, 0.3) is 0 Å². The van der Waals surface area contributed by atoms with Gasteiger partial charge in [-0.3, -0.25) is 4.79 Å². The highest BCUT2D eigenvalue weighted by Gasteiger charge is 2.38. The van der Waals surface area contributed by atoms with E-state index < -0.39 is 23.6 Å². The quantitative estimate of drug-likeness (QED) is 0.625. The number of carbonyl (C=O) groups is 1. The molecule has 1 aliphatic carbocycles. The van der Waals surface area contributed by atoms with E-state index in [0.29, 0.717) is 27.9 Å². The minimum atomic E-state index is -4.60. The smallest absolute Gasteiger partial charge is 0.366 e. The molecule has 2 N–H and O–H groups in total. The number of nitrogens with two attached hydrogens (primary N) is 1. The number of hydrogen-bond donors (Lipinski definition) is 1. The van der Waals surface area contributed by atoms with Gasteiger partial charge in [-0.05, 0) is 60.7 Å². The average Bonchev–Trinajstić information content (AvgIpc) is 3.39. The number of rotatable bonds is 4. The highest BCUT2D eigenvalue weighted by molar-refractivity contribution is 5.96. The fourth-order valence-electron chi connectivity index (χ4n) is 3.46. The molecule has 1 fully saturated rings. The SMILES string of the molecule is Cc1c(C(N)=O)cccc1-c1ccc(-n2nc(C(F)(F)F)cc2C2CC2)c(F)c1. The molecule has 150 valence electrons. The molecule has 0 aliphatic heterocycles. The van der Waals surface area contributed by atoms with E-state index in [0.717, 1.165) is 23.6 Å². The number of halogens is 4. The Balaban J connectivity index is 1.79. The third kappa shape index (κ3) is 3.50. The summed E-state index contributed by atoms with van der Waals surface area (Å²) in [6.07, 6.45) is -3.10. The summed E-state index contributed by atoms with van der Waals surface area (Å²) in [6.45, 7) is 1.70. The van der Waals surface area contributed by atoms with Crippen LogP contribution in [-0.2, 0) is 6.18 Å². The first-order valence-electron chi connectivity index (χ1n) is 9.03. The van der Waals surface area contributed by atoms with Crippen LogP contribution in [0.15, 0.2) is 42.5 Å². The Morgan fingerprint density at radius 2 is 1.90 bits per heavy atom. The zero-order chi connectivity index (χ0) is 20.9. The summed E-state index contributed by atoms with van der Waals surface area (Å²) < 4.78 is 55.3. The van der Waals surface area contributed by atoms with Crippen molar-refractivity contribution in [3.63, 3.8) is 0 Å². The third-order valence-electron chi connectivity index (χ3n) is 5.11. The lowest BCUT2D eigenvalue weighted by Gasteiger charge is -2.12. The Morgan fingerprint density at radius 3 is 2.48 bits per heavy atom. The van der Waals surface area contributed by atoms with Gasteiger partial charge in [0.05, 0.1) is 0 Å². The van der Waals surface area contributed by atoms with Gasteiger partial charge < -0.3 is 5.73 Å². The van der Waals surface area contributed by atoms with Crippen molar-refractivity contribution in [3.05, 3.63) is 70.8 Å². The van der Waals surface area contributed by atoms with E-state index in [1.165, 1.54) is 12.1 Å². The van der Waals surface area contributed by atoms with E-state index in [9.17, 15) is 22.4 Å². The Kier molecular flexibility index (Phi) is 4.44. The summed E-state index contributed by atoms with van der Waals surface area (Å²) in [7, 11) is 0. The van der Waals surface area contributed by atoms with Crippen LogP contribution in [0.5, 0.6) is 0 Å². The first-order chi connectivity index (χ1) is 13.7. The van der Waals surface area contributed by atoms with Crippen LogP contribution in [0, 0.1) is 12.7 Å². The molecule has 1 saturated carbocycles. The Hall–Kier alpha value is -3.16. The maximum Gasteiger partial charge on any atom is 0.435 e. The molecular formula is C21H17F4N3O. The van der Waals surface area contributed by atoms with Gasteiger partial charge >= 0.3 is 6.18 Å². The van der Waals surface area contributed by atoms with Gasteiger partial charge in [-0.2, -0.15) is 18.3 Å². The van der Waals surface area contributed by atoms with Gasteiger partial charge in [0, 0.05) is 17.2 Å². The Labute approximate surface area is 164 Å². The maximum absolute atomic E-state index is 14.9. The first kappa shape index (κ1) is 19.2. The molecule has 0 saturated heterocycles. The summed E-state index contributed by atoms with van der Waals surface area (Å²) in [6, 6.07) is 10.2. The molecule has 1 heterocycles. The normalized spacial score (nSPS) is 14.2. The maximum atomic E-state index is 14.9. The summed E-state index contributed by atoms with van der Waals surface area (Å²) >= 11 is 0. The number of carbonyl (C=O) groups excluding carboxylic acids is 1. The van der Waals surface area contributed by atoms with Crippen molar-refractivity contribution in [3.8, 4) is 16.8 Å². The molecule has 4 nitrogen and oxygen atoms in total. The van der Waals surface area contributed by atoms with Gasteiger partial charge in [-0.15, -0.1) is 0 Å². The Morgan fingerprint density at radius 1 is 1.17 bits per heavy atom. The van der Waals surface area contributed by atoms with Crippen molar-refractivity contribution < 1.29 is 22.4 Å². The van der Waals surface area contributed by atoms with Crippen LogP contribution in [-0.4, -0.2) is 15.7 Å². The number of amides is 1. The molecule has 0 bridgehead atoms. The monoisotopic (exact) mass is 403 g/mol. The molecule has 8 heteroatoms. The molecule has 0 radical (unpaired) electrons. The molecule has 1 aliphatic rings. The minimum absolute atomic E-state index is 0.0464. The van der Waals surface area contributed by atoms with Crippen molar-refractivity contribution in [1.82, 2.24) is 9.78 Å². The number of benzene rings is 2. The predicted molar refractivity (Wildman–Crippen MR) is 99.2 cm³/mol. The van der Waals surface area contributed by atoms with Crippen molar-refractivity contribution in [2.45, 2.75) is 31.9 Å². The van der Waals surface area contributed by atoms with E-state index in [1.54, 1.807) is 31.2 Å². The fourth-order valence-corrected chi connectivity index (χ4v) is 3.46. The number of aromatic nitrogens is 2. The lowest BCUT2D eigenvalue weighted by molar-refractivity contribution is -0.141. The molecule has 3 aromatic rings. The minimum Gasteiger partial charge on any atom is -0.366 e. The van der Waals surface area contributed by atoms with Gasteiger partial charge in [0.15, 0.2) is 5.69 Å². The summed E-state index contributed by atoms with van der Waals surface area (Å²) in [5.41, 5.74) is 6.67. The molecule has 4 rings (SSSR count). The molecule has 1 amide bonds. The van der Waals surface area contributed by atoms with Crippen molar-refractivity contribution >= 4 is 5.91 Å². The van der Waals surface area contributed by atoms with Crippen LogP contribution in [0.1, 0.15) is 46.1 Å². The predicted octanol–water partition coefficient (Wildman–Crippen LogP) is 4.98. The van der Waals surface area contributed by atoms with Crippen LogP contribution in [0.25, 0.3) is 16.8 Å². The van der Waals surface area contributed by atoms with Crippen LogP contribution >= 0.6 is 0 Å². The fraction of sp³-hybridized carbons (Fsp3) is 0.238. The van der Waals surface area contributed by atoms with E-state index >= 15 is 0 Å². The van der Waals surface area contributed by atoms with Crippen LogP contribution in [0.3, 0.4) is 0 Å². The number of primary amides is 1. The number of nitrogens with zero attached hydrogens (tertiary/aromatic N) is 2. The third-order valence-corrected chi connectivity index (χ3v) is 5.11. The van der Waals surface area contributed by atoms with Crippen molar-refractivity contribution in [2.24, 2.45) is 5.73 Å². The summed E-state index contributed by atoms with van der Waals surface area (Å²) in [5, 5.41) is 3.62. The molecular weight excluding hydrogens is 386 g/mol. The van der Waals surface area contributed by atoms with Crippen LogP contribution in [0.4, 0.5) is 17.6 Å². The molecule has 29 heavy (non-hydrogen) atoms. The second-order valence-electron chi connectivity index (χ2n) is 7.15. The van der Waals surface area contributed by atoms with E-state index in [1.807, 2.05) is 0 Å².